The molecule has 2 rings (SSSR count). The summed E-state index contributed by atoms with van der Waals surface area (Å²) in [5, 5.41) is 27.1. The van der Waals surface area contributed by atoms with E-state index in [0.717, 1.165) is 0 Å². The van der Waals surface area contributed by atoms with E-state index in [-0.39, 0.29) is 13.2 Å². The standard InChI is InChI=1S/C6H10NO6/c8-3-1-11-6-4(13-7(9)10)2-12-5(3)6/h3-6,8-9H,1-2H2/q-1/t3-,4+,5+,6+/m0/s1. The van der Waals surface area contributed by atoms with Crippen molar-refractivity contribution in [2.45, 2.75) is 24.4 Å². The fourth-order valence-electron chi connectivity index (χ4n) is 1.65. The maximum absolute atomic E-state index is 10.1. The third-order valence-corrected chi connectivity index (χ3v) is 2.21. The molecule has 0 aliphatic carbocycles. The van der Waals surface area contributed by atoms with E-state index in [1.54, 1.807) is 0 Å². The third kappa shape index (κ3) is 1.67. The Bertz CT molecular complexity index is 188. The van der Waals surface area contributed by atoms with Gasteiger partial charge in [0.05, 0.1) is 13.2 Å². The molecule has 0 radical (unpaired) electrons. The molecule has 0 bridgehead atoms. The second kappa shape index (κ2) is 3.46. The van der Waals surface area contributed by atoms with E-state index in [2.05, 4.69) is 4.84 Å². The monoisotopic (exact) mass is 192 g/mol. The molecular formula is C6H10NO6-. The van der Waals surface area contributed by atoms with Crippen LogP contribution in [0.25, 0.3) is 0 Å². The van der Waals surface area contributed by atoms with Crippen molar-refractivity contribution < 1.29 is 24.6 Å². The highest BCUT2D eigenvalue weighted by Crippen LogP contribution is 2.28. The molecular weight excluding hydrogens is 182 g/mol. The Balaban J connectivity index is 1.94. The molecule has 2 aliphatic rings. The number of hydrogen-bond acceptors (Lipinski definition) is 7. The zero-order valence-corrected chi connectivity index (χ0v) is 6.70. The minimum absolute atomic E-state index is 0.131. The Labute approximate surface area is 73.9 Å². The minimum atomic E-state index is -0.683. The summed E-state index contributed by atoms with van der Waals surface area (Å²) in [6, 6.07) is 0. The lowest BCUT2D eigenvalue weighted by atomic mass is 10.1. The second-order valence-corrected chi connectivity index (χ2v) is 3.04. The maximum Gasteiger partial charge on any atom is 0.133 e. The molecule has 2 heterocycles. The van der Waals surface area contributed by atoms with E-state index < -0.39 is 29.8 Å². The van der Waals surface area contributed by atoms with Crippen LogP contribution < -0.4 is 0 Å². The molecule has 0 spiro atoms. The summed E-state index contributed by atoms with van der Waals surface area (Å²) in [4.78, 5) is 4.45. The lowest BCUT2D eigenvalue weighted by Crippen LogP contribution is -2.35. The molecule has 0 aromatic rings. The number of fused-ring (bicyclic) bond motifs is 1. The van der Waals surface area contributed by atoms with E-state index in [1.807, 2.05) is 0 Å². The lowest BCUT2D eigenvalue weighted by Gasteiger charge is -2.24. The van der Waals surface area contributed by atoms with Crippen molar-refractivity contribution in [1.29, 1.82) is 0 Å². The molecule has 76 valence electrons. The van der Waals surface area contributed by atoms with Gasteiger partial charge in [-0.1, -0.05) is 0 Å². The summed E-state index contributed by atoms with van der Waals surface area (Å²) in [6.07, 6.45) is -2.26. The summed E-state index contributed by atoms with van der Waals surface area (Å²) >= 11 is 0. The predicted octanol–water partition coefficient (Wildman–Crippen LogP) is -1.37. The quantitative estimate of drug-likeness (QED) is 0.521. The highest BCUT2D eigenvalue weighted by Gasteiger charge is 2.48. The predicted molar refractivity (Wildman–Crippen MR) is 37.4 cm³/mol. The van der Waals surface area contributed by atoms with Gasteiger partial charge in [0.2, 0.25) is 0 Å². The zero-order valence-electron chi connectivity index (χ0n) is 6.70. The van der Waals surface area contributed by atoms with Crippen LogP contribution in [-0.4, -0.2) is 53.3 Å². The summed E-state index contributed by atoms with van der Waals surface area (Å²) in [6.45, 7) is 0.297. The van der Waals surface area contributed by atoms with Crippen LogP contribution in [0.15, 0.2) is 0 Å². The number of ether oxygens (including phenoxy) is 2. The van der Waals surface area contributed by atoms with Crippen molar-refractivity contribution in [3.8, 4) is 0 Å². The van der Waals surface area contributed by atoms with Crippen LogP contribution in [0.1, 0.15) is 0 Å². The Hall–Kier alpha value is -0.280. The van der Waals surface area contributed by atoms with Gasteiger partial charge in [0.1, 0.15) is 24.4 Å². The fourth-order valence-corrected chi connectivity index (χ4v) is 1.65. The highest BCUT2D eigenvalue weighted by atomic mass is 17.1. The van der Waals surface area contributed by atoms with Gasteiger partial charge in [0.15, 0.2) is 0 Å². The number of aliphatic hydroxyl groups excluding tert-OH is 1. The number of hydrogen-bond donors (Lipinski definition) is 2. The van der Waals surface area contributed by atoms with Crippen molar-refractivity contribution in [2.24, 2.45) is 0 Å². The molecule has 7 heteroatoms. The third-order valence-electron chi connectivity index (χ3n) is 2.21. The first kappa shape index (κ1) is 9.28. The highest BCUT2D eigenvalue weighted by molar-refractivity contribution is 4.94. The van der Waals surface area contributed by atoms with Crippen molar-refractivity contribution in [3.63, 3.8) is 0 Å². The van der Waals surface area contributed by atoms with Gasteiger partial charge in [0.25, 0.3) is 0 Å². The second-order valence-electron chi connectivity index (χ2n) is 3.04. The summed E-state index contributed by atoms with van der Waals surface area (Å²) < 4.78 is 10.3. The van der Waals surface area contributed by atoms with Gasteiger partial charge in [-0.25, -0.2) is 0 Å². The topological polar surface area (TPSA) is 94.5 Å². The van der Waals surface area contributed by atoms with Gasteiger partial charge < -0.3 is 25.0 Å². The fraction of sp³-hybridized carbons (Fsp3) is 1.00. The van der Waals surface area contributed by atoms with Gasteiger partial charge >= 0.3 is 0 Å². The largest absolute Gasteiger partial charge is 0.738 e. The Morgan fingerprint density at radius 3 is 2.69 bits per heavy atom. The molecule has 0 unspecified atom stereocenters. The van der Waals surface area contributed by atoms with E-state index >= 15 is 0 Å². The zero-order chi connectivity index (χ0) is 9.42. The molecule has 0 amide bonds. The van der Waals surface area contributed by atoms with Crippen molar-refractivity contribution in [3.05, 3.63) is 5.21 Å². The van der Waals surface area contributed by atoms with Crippen LogP contribution in [0.5, 0.6) is 0 Å². The number of rotatable bonds is 2. The van der Waals surface area contributed by atoms with Crippen LogP contribution >= 0.6 is 0 Å². The van der Waals surface area contributed by atoms with Gasteiger partial charge in [-0.15, -0.1) is 5.39 Å². The van der Waals surface area contributed by atoms with Crippen LogP contribution in [0.2, 0.25) is 0 Å². The van der Waals surface area contributed by atoms with Crippen molar-refractivity contribution in [2.75, 3.05) is 13.2 Å². The molecule has 2 fully saturated rings. The molecule has 0 saturated carbocycles. The van der Waals surface area contributed by atoms with Gasteiger partial charge in [-0.05, 0) is 0 Å². The van der Waals surface area contributed by atoms with Crippen LogP contribution in [0, 0.1) is 5.21 Å². The molecule has 7 nitrogen and oxygen atoms in total. The SMILES string of the molecule is [O-]N(O)O[C@@H]1CO[C@H]2[C@@H]1OC[C@@H]2O. The molecule has 0 aromatic heterocycles. The molecule has 2 N–H and O–H groups in total. The van der Waals surface area contributed by atoms with Crippen LogP contribution in [-0.2, 0) is 14.3 Å². The van der Waals surface area contributed by atoms with E-state index in [0.29, 0.717) is 0 Å². The van der Waals surface area contributed by atoms with Crippen molar-refractivity contribution >= 4 is 0 Å². The maximum atomic E-state index is 10.1. The Morgan fingerprint density at radius 2 is 2.00 bits per heavy atom. The summed E-state index contributed by atoms with van der Waals surface area (Å²) in [5.41, 5.74) is 0. The normalized spacial score (nSPS) is 44.3. The lowest BCUT2D eigenvalue weighted by molar-refractivity contribution is -0.335. The van der Waals surface area contributed by atoms with Gasteiger partial charge in [0, 0.05) is 0 Å². The number of aliphatic hydroxyl groups is 1. The first-order chi connectivity index (χ1) is 6.18. The Kier molecular flexibility index (Phi) is 2.47. The molecule has 2 saturated heterocycles. The van der Waals surface area contributed by atoms with Gasteiger partial charge in [-0.2, -0.15) is 0 Å². The average molecular weight is 192 g/mol. The Morgan fingerprint density at radius 1 is 1.31 bits per heavy atom. The van der Waals surface area contributed by atoms with E-state index in [9.17, 15) is 10.3 Å². The minimum Gasteiger partial charge on any atom is -0.738 e. The summed E-state index contributed by atoms with van der Waals surface area (Å²) in [7, 11) is 0. The first-order valence-electron chi connectivity index (χ1n) is 3.92. The van der Waals surface area contributed by atoms with Crippen molar-refractivity contribution in [1.82, 2.24) is 5.39 Å². The van der Waals surface area contributed by atoms with Gasteiger partial charge in [-0.3, -0.25) is 4.84 Å². The van der Waals surface area contributed by atoms with E-state index in [4.69, 9.17) is 14.7 Å². The smallest absolute Gasteiger partial charge is 0.133 e. The molecule has 4 atom stereocenters. The van der Waals surface area contributed by atoms with E-state index in [1.165, 1.54) is 0 Å². The van der Waals surface area contributed by atoms with Crippen LogP contribution in [0.4, 0.5) is 0 Å². The first-order valence-corrected chi connectivity index (χ1v) is 3.92. The van der Waals surface area contributed by atoms with Crippen LogP contribution in [0.3, 0.4) is 0 Å². The molecule has 2 aliphatic heterocycles. The average Bonchev–Trinajstić information content (AvgIpc) is 2.56. The molecule has 13 heavy (non-hydrogen) atoms. The molecule has 0 aromatic carbocycles. The number of nitrogens with zero attached hydrogens (tertiary/aromatic N) is 1. The summed E-state index contributed by atoms with van der Waals surface area (Å²) in [5.74, 6) is 0.